The minimum absolute atomic E-state index is 0.0990. The van der Waals surface area contributed by atoms with Crippen molar-refractivity contribution in [2.75, 3.05) is 23.3 Å². The summed E-state index contributed by atoms with van der Waals surface area (Å²) in [5.74, 6) is -0.617. The van der Waals surface area contributed by atoms with Crippen LogP contribution in [0.15, 0.2) is 48.5 Å². The molecule has 2 heterocycles. The van der Waals surface area contributed by atoms with Crippen LogP contribution in [0.1, 0.15) is 44.6 Å². The molecule has 2 aromatic rings. The molecule has 1 saturated carbocycles. The largest absolute Gasteiger partial charge is 0.377 e. The Bertz CT molecular complexity index is 1110. The van der Waals surface area contributed by atoms with E-state index in [2.05, 4.69) is 29.3 Å². The number of hydrogen-bond donors (Lipinski definition) is 1. The fourth-order valence-electron chi connectivity index (χ4n) is 5.87. The molecule has 0 radical (unpaired) electrons. The number of fused-ring (bicyclic) bond motifs is 1. The summed E-state index contributed by atoms with van der Waals surface area (Å²) >= 11 is 0. The maximum atomic E-state index is 13.1. The van der Waals surface area contributed by atoms with Gasteiger partial charge in [-0.25, -0.2) is 4.90 Å². The Morgan fingerprint density at radius 3 is 2.40 bits per heavy atom. The van der Waals surface area contributed by atoms with Gasteiger partial charge in [0, 0.05) is 31.7 Å². The van der Waals surface area contributed by atoms with Crippen LogP contribution in [-0.2, 0) is 16.1 Å². The maximum Gasteiger partial charge on any atom is 0.294 e. The quantitative estimate of drug-likeness (QED) is 0.372. The van der Waals surface area contributed by atoms with E-state index in [1.54, 1.807) is 12.1 Å². The number of amides is 2. The molecule has 1 N–H and O–H groups in total. The number of nitrogens with one attached hydrogen (secondary N) is 1. The van der Waals surface area contributed by atoms with E-state index in [1.807, 2.05) is 18.2 Å². The lowest BCUT2D eigenvalue weighted by Crippen LogP contribution is -2.38. The standard InChI is InChI=1S/C27H32N4O4/c1-18-7-9-22-23(15-18)27(33)30(26(22)32)21-8-10-24(25(16-21)31(34)35)28-20-11-13-29(14-12-20)17-19-5-3-2-4-6-19/h2-6,8,10,16,18,20,22-23,28H,7,9,11-15,17H2,1H3/t18-,22+,23+/m1/s1. The lowest BCUT2D eigenvalue weighted by molar-refractivity contribution is -0.383. The lowest BCUT2D eigenvalue weighted by atomic mass is 9.76. The summed E-state index contributed by atoms with van der Waals surface area (Å²) in [6, 6.07) is 15.2. The van der Waals surface area contributed by atoms with Crippen molar-refractivity contribution >= 4 is 28.9 Å². The summed E-state index contributed by atoms with van der Waals surface area (Å²) in [7, 11) is 0. The van der Waals surface area contributed by atoms with Crippen molar-refractivity contribution in [1.82, 2.24) is 4.90 Å². The van der Waals surface area contributed by atoms with Crippen LogP contribution in [0.3, 0.4) is 0 Å². The van der Waals surface area contributed by atoms with E-state index < -0.39 is 4.92 Å². The maximum absolute atomic E-state index is 13.1. The van der Waals surface area contributed by atoms with Crippen molar-refractivity contribution in [3.8, 4) is 0 Å². The average molecular weight is 477 g/mol. The van der Waals surface area contributed by atoms with Gasteiger partial charge in [0.05, 0.1) is 22.4 Å². The minimum atomic E-state index is -0.434. The molecule has 3 atom stereocenters. The zero-order chi connectivity index (χ0) is 24.5. The van der Waals surface area contributed by atoms with Crippen LogP contribution in [-0.4, -0.2) is 40.8 Å². The van der Waals surface area contributed by atoms with Crippen molar-refractivity contribution in [3.63, 3.8) is 0 Å². The number of rotatable bonds is 6. The van der Waals surface area contributed by atoms with Crippen LogP contribution in [0, 0.1) is 27.9 Å². The summed E-state index contributed by atoms with van der Waals surface area (Å²) in [5, 5.41) is 15.3. The fourth-order valence-corrected chi connectivity index (χ4v) is 5.87. The van der Waals surface area contributed by atoms with E-state index in [-0.39, 0.29) is 35.4 Å². The monoisotopic (exact) mass is 476 g/mol. The zero-order valence-corrected chi connectivity index (χ0v) is 20.1. The Balaban J connectivity index is 1.27. The van der Waals surface area contributed by atoms with Gasteiger partial charge >= 0.3 is 0 Å². The lowest BCUT2D eigenvalue weighted by Gasteiger charge is -2.32. The van der Waals surface area contributed by atoms with Crippen molar-refractivity contribution < 1.29 is 14.5 Å². The number of nitro groups is 1. The van der Waals surface area contributed by atoms with E-state index in [0.29, 0.717) is 30.1 Å². The summed E-state index contributed by atoms with van der Waals surface area (Å²) in [4.78, 5) is 41.1. The van der Waals surface area contributed by atoms with Crippen molar-refractivity contribution in [2.45, 2.75) is 51.6 Å². The first-order valence-corrected chi connectivity index (χ1v) is 12.6. The van der Waals surface area contributed by atoms with Crippen molar-refractivity contribution in [2.24, 2.45) is 17.8 Å². The highest BCUT2D eigenvalue weighted by Crippen LogP contribution is 2.43. The van der Waals surface area contributed by atoms with E-state index in [0.717, 1.165) is 38.9 Å². The Kier molecular flexibility index (Phi) is 6.56. The highest BCUT2D eigenvalue weighted by atomic mass is 16.6. The van der Waals surface area contributed by atoms with Crippen LogP contribution in [0.5, 0.6) is 0 Å². The van der Waals surface area contributed by atoms with E-state index >= 15 is 0 Å². The average Bonchev–Trinajstić information content (AvgIpc) is 3.10. The van der Waals surface area contributed by atoms with Crippen molar-refractivity contribution in [1.29, 1.82) is 0 Å². The van der Waals surface area contributed by atoms with Crippen LogP contribution < -0.4 is 10.2 Å². The van der Waals surface area contributed by atoms with Gasteiger partial charge in [-0.3, -0.25) is 24.6 Å². The third-order valence-corrected chi connectivity index (χ3v) is 7.82. The van der Waals surface area contributed by atoms with Crippen molar-refractivity contribution in [3.05, 3.63) is 64.2 Å². The predicted octanol–water partition coefficient (Wildman–Crippen LogP) is 4.60. The molecule has 3 aliphatic rings. The fraction of sp³-hybridized carbons (Fsp3) is 0.481. The second-order valence-corrected chi connectivity index (χ2v) is 10.3. The molecule has 8 heteroatoms. The molecule has 2 amide bonds. The highest BCUT2D eigenvalue weighted by Gasteiger charge is 2.50. The number of imide groups is 1. The summed E-state index contributed by atoms with van der Waals surface area (Å²) in [6.07, 6.45) is 4.11. The normalized spacial score (nSPS) is 25.5. The summed E-state index contributed by atoms with van der Waals surface area (Å²) < 4.78 is 0. The Labute approximate surface area is 205 Å². The first-order chi connectivity index (χ1) is 16.9. The van der Waals surface area contributed by atoms with Crippen LogP contribution in [0.4, 0.5) is 17.1 Å². The van der Waals surface area contributed by atoms with Gasteiger partial charge in [-0.1, -0.05) is 37.3 Å². The first-order valence-electron chi connectivity index (χ1n) is 12.6. The zero-order valence-electron chi connectivity index (χ0n) is 20.1. The molecule has 0 aromatic heterocycles. The predicted molar refractivity (Wildman–Crippen MR) is 134 cm³/mol. The number of benzene rings is 2. The van der Waals surface area contributed by atoms with Crippen LogP contribution in [0.25, 0.3) is 0 Å². The number of hydrogen-bond acceptors (Lipinski definition) is 6. The van der Waals surface area contributed by atoms with Gasteiger partial charge < -0.3 is 5.32 Å². The van der Waals surface area contributed by atoms with E-state index in [4.69, 9.17) is 0 Å². The number of likely N-dealkylation sites (tertiary alicyclic amines) is 1. The molecular formula is C27H32N4O4. The highest BCUT2D eigenvalue weighted by molar-refractivity contribution is 6.22. The Morgan fingerprint density at radius 1 is 0.971 bits per heavy atom. The van der Waals surface area contributed by atoms with Gasteiger partial charge in [0.1, 0.15) is 5.69 Å². The third-order valence-electron chi connectivity index (χ3n) is 7.82. The Hall–Kier alpha value is -3.26. The molecule has 0 bridgehead atoms. The molecule has 2 aromatic carbocycles. The molecule has 2 saturated heterocycles. The third kappa shape index (κ3) is 4.80. The molecule has 0 spiro atoms. The van der Waals surface area contributed by atoms with E-state index in [1.165, 1.54) is 16.5 Å². The topological polar surface area (TPSA) is 95.8 Å². The van der Waals surface area contributed by atoms with Gasteiger partial charge in [0.2, 0.25) is 11.8 Å². The Morgan fingerprint density at radius 2 is 1.69 bits per heavy atom. The number of piperidine rings is 1. The smallest absolute Gasteiger partial charge is 0.294 e. The molecule has 0 unspecified atom stereocenters. The SMILES string of the molecule is C[C@@H]1CC[C@@H]2C(=O)N(c3ccc(NC4CCN(Cc5ccccc5)CC4)c([N+](=O)[O-])c3)C(=O)[C@H]2C1. The second kappa shape index (κ2) is 9.77. The number of anilines is 2. The first kappa shape index (κ1) is 23.5. The number of carbonyl (C=O) groups is 2. The van der Waals surface area contributed by atoms with Gasteiger partial charge in [-0.15, -0.1) is 0 Å². The summed E-state index contributed by atoms with van der Waals surface area (Å²) in [6.45, 7) is 4.84. The molecule has 2 aliphatic heterocycles. The van der Waals surface area contributed by atoms with Crippen LogP contribution >= 0.6 is 0 Å². The number of carbonyl (C=O) groups excluding carboxylic acids is 2. The van der Waals surface area contributed by atoms with Gasteiger partial charge in [-0.2, -0.15) is 0 Å². The van der Waals surface area contributed by atoms with E-state index in [9.17, 15) is 19.7 Å². The van der Waals surface area contributed by atoms with Gasteiger partial charge in [0.25, 0.3) is 5.69 Å². The van der Waals surface area contributed by atoms with Crippen LogP contribution in [0.2, 0.25) is 0 Å². The second-order valence-electron chi connectivity index (χ2n) is 10.3. The molecule has 35 heavy (non-hydrogen) atoms. The molecule has 1 aliphatic carbocycles. The minimum Gasteiger partial charge on any atom is -0.377 e. The summed E-state index contributed by atoms with van der Waals surface area (Å²) in [5.41, 5.74) is 1.92. The molecular weight excluding hydrogens is 444 g/mol. The molecule has 5 rings (SSSR count). The number of nitrogens with zero attached hydrogens (tertiary/aromatic N) is 3. The van der Waals surface area contributed by atoms with Gasteiger partial charge in [0.15, 0.2) is 0 Å². The number of nitro benzene ring substituents is 1. The molecule has 8 nitrogen and oxygen atoms in total. The van der Waals surface area contributed by atoms with Gasteiger partial charge in [-0.05, 0) is 55.7 Å². The molecule has 3 fully saturated rings. The molecule has 184 valence electrons.